The highest BCUT2D eigenvalue weighted by atomic mass is 16.5. The van der Waals surface area contributed by atoms with Crippen molar-refractivity contribution < 1.29 is 14.6 Å². The van der Waals surface area contributed by atoms with Gasteiger partial charge in [0.05, 0.1) is 6.61 Å². The van der Waals surface area contributed by atoms with Crippen LogP contribution in [0.3, 0.4) is 0 Å². The highest BCUT2D eigenvalue weighted by Crippen LogP contribution is 2.23. The van der Waals surface area contributed by atoms with E-state index in [0.29, 0.717) is 25.9 Å². The predicted molar refractivity (Wildman–Crippen MR) is 75.5 cm³/mol. The molecule has 0 aliphatic heterocycles. The molecule has 4 nitrogen and oxygen atoms in total. The van der Waals surface area contributed by atoms with E-state index in [1.54, 1.807) is 6.92 Å². The second-order valence-corrected chi connectivity index (χ2v) is 4.99. The average molecular weight is 265 g/mol. The van der Waals surface area contributed by atoms with Crippen molar-refractivity contribution in [2.45, 2.75) is 45.6 Å². The van der Waals surface area contributed by atoms with Crippen LogP contribution in [0, 0.1) is 13.8 Å². The standard InChI is InChI=1S/C15H23NO3/c1-4-15(16,14(17)18)9-6-10-19-13-11(2)7-5-8-12(13)3/h5,7-8H,4,6,9-10,16H2,1-3H3,(H,17,18). The molecule has 1 unspecified atom stereocenters. The highest BCUT2D eigenvalue weighted by molar-refractivity contribution is 5.78. The largest absolute Gasteiger partial charge is 0.493 e. The quantitative estimate of drug-likeness (QED) is 0.743. The molecule has 1 aromatic carbocycles. The smallest absolute Gasteiger partial charge is 0.323 e. The summed E-state index contributed by atoms with van der Waals surface area (Å²) in [5.74, 6) is -0.0565. The molecule has 0 saturated carbocycles. The van der Waals surface area contributed by atoms with Crippen molar-refractivity contribution in [2.24, 2.45) is 5.73 Å². The first-order chi connectivity index (χ1) is 8.90. The van der Waals surface area contributed by atoms with Gasteiger partial charge >= 0.3 is 5.97 Å². The summed E-state index contributed by atoms with van der Waals surface area (Å²) in [6.07, 6.45) is 1.47. The third kappa shape index (κ3) is 3.96. The van der Waals surface area contributed by atoms with Crippen LogP contribution in [0.1, 0.15) is 37.3 Å². The fourth-order valence-electron chi connectivity index (χ4n) is 2.02. The Morgan fingerprint density at radius 2 is 1.95 bits per heavy atom. The topological polar surface area (TPSA) is 72.5 Å². The molecule has 106 valence electrons. The molecular weight excluding hydrogens is 242 g/mol. The summed E-state index contributed by atoms with van der Waals surface area (Å²) in [7, 11) is 0. The van der Waals surface area contributed by atoms with Crippen molar-refractivity contribution in [3.8, 4) is 5.75 Å². The summed E-state index contributed by atoms with van der Waals surface area (Å²) in [6, 6.07) is 5.99. The summed E-state index contributed by atoms with van der Waals surface area (Å²) in [4.78, 5) is 11.1. The van der Waals surface area contributed by atoms with Gasteiger partial charge in [-0.1, -0.05) is 25.1 Å². The zero-order valence-electron chi connectivity index (χ0n) is 11.9. The van der Waals surface area contributed by atoms with E-state index in [4.69, 9.17) is 15.6 Å². The first-order valence-corrected chi connectivity index (χ1v) is 6.62. The maximum atomic E-state index is 11.1. The number of benzene rings is 1. The number of carbonyl (C=O) groups is 1. The molecule has 0 aromatic heterocycles. The first-order valence-electron chi connectivity index (χ1n) is 6.62. The zero-order valence-corrected chi connectivity index (χ0v) is 11.9. The van der Waals surface area contributed by atoms with Crippen LogP contribution in [0.4, 0.5) is 0 Å². The molecule has 0 saturated heterocycles. The van der Waals surface area contributed by atoms with Crippen LogP contribution < -0.4 is 10.5 Å². The fourth-order valence-corrected chi connectivity index (χ4v) is 2.02. The summed E-state index contributed by atoms with van der Waals surface area (Å²) >= 11 is 0. The van der Waals surface area contributed by atoms with E-state index in [1.165, 1.54) is 0 Å². The Hall–Kier alpha value is -1.55. The van der Waals surface area contributed by atoms with E-state index in [1.807, 2.05) is 32.0 Å². The maximum absolute atomic E-state index is 11.1. The number of hydrogen-bond acceptors (Lipinski definition) is 3. The maximum Gasteiger partial charge on any atom is 0.323 e. The van der Waals surface area contributed by atoms with E-state index in [-0.39, 0.29) is 0 Å². The minimum atomic E-state index is -1.13. The van der Waals surface area contributed by atoms with Gasteiger partial charge in [-0.25, -0.2) is 0 Å². The van der Waals surface area contributed by atoms with Gasteiger partial charge in [-0.3, -0.25) is 4.79 Å². The van der Waals surface area contributed by atoms with Crippen LogP contribution in [0.5, 0.6) is 5.75 Å². The van der Waals surface area contributed by atoms with Crippen LogP contribution in [-0.4, -0.2) is 23.2 Å². The lowest BCUT2D eigenvalue weighted by molar-refractivity contribution is -0.143. The van der Waals surface area contributed by atoms with Crippen LogP contribution in [0.25, 0.3) is 0 Å². The number of aliphatic carboxylic acids is 1. The van der Waals surface area contributed by atoms with Gasteiger partial charge in [0.2, 0.25) is 0 Å². The van der Waals surface area contributed by atoms with Crippen molar-refractivity contribution >= 4 is 5.97 Å². The monoisotopic (exact) mass is 265 g/mol. The van der Waals surface area contributed by atoms with Gasteiger partial charge in [-0.15, -0.1) is 0 Å². The van der Waals surface area contributed by atoms with Crippen LogP contribution >= 0.6 is 0 Å². The number of ether oxygens (including phenoxy) is 1. The van der Waals surface area contributed by atoms with Crippen molar-refractivity contribution in [2.75, 3.05) is 6.61 Å². The van der Waals surface area contributed by atoms with E-state index >= 15 is 0 Å². The van der Waals surface area contributed by atoms with Crippen molar-refractivity contribution in [1.82, 2.24) is 0 Å². The fraction of sp³-hybridized carbons (Fsp3) is 0.533. The number of carboxylic acids is 1. The Morgan fingerprint density at radius 3 is 2.42 bits per heavy atom. The molecule has 0 amide bonds. The van der Waals surface area contributed by atoms with Gasteiger partial charge in [0.15, 0.2) is 0 Å². The number of aryl methyl sites for hydroxylation is 2. The summed E-state index contributed by atoms with van der Waals surface area (Å²) < 4.78 is 5.74. The van der Waals surface area contributed by atoms with Gasteiger partial charge in [-0.2, -0.15) is 0 Å². The zero-order chi connectivity index (χ0) is 14.5. The first kappa shape index (κ1) is 15.5. The second-order valence-electron chi connectivity index (χ2n) is 4.99. The molecule has 0 spiro atoms. The lowest BCUT2D eigenvalue weighted by Gasteiger charge is -2.22. The molecule has 0 radical (unpaired) electrons. The van der Waals surface area contributed by atoms with Crippen LogP contribution in [0.15, 0.2) is 18.2 Å². The molecule has 0 fully saturated rings. The number of carboxylic acid groups (broad SMARTS) is 1. The van der Waals surface area contributed by atoms with Crippen LogP contribution in [0.2, 0.25) is 0 Å². The summed E-state index contributed by atoms with van der Waals surface area (Å²) in [6.45, 7) is 6.27. The van der Waals surface area contributed by atoms with E-state index in [0.717, 1.165) is 16.9 Å². The van der Waals surface area contributed by atoms with Crippen molar-refractivity contribution in [3.63, 3.8) is 0 Å². The third-order valence-electron chi connectivity index (χ3n) is 3.48. The van der Waals surface area contributed by atoms with Gasteiger partial charge in [0.1, 0.15) is 11.3 Å². The molecular formula is C15H23NO3. The molecule has 1 atom stereocenters. The molecule has 0 aliphatic rings. The minimum absolute atomic E-state index is 0.420. The van der Waals surface area contributed by atoms with Gasteiger partial charge in [0.25, 0.3) is 0 Å². The van der Waals surface area contributed by atoms with Gasteiger partial charge in [-0.05, 0) is 44.2 Å². The second kappa shape index (κ2) is 6.57. The molecule has 19 heavy (non-hydrogen) atoms. The van der Waals surface area contributed by atoms with Crippen molar-refractivity contribution in [3.05, 3.63) is 29.3 Å². The molecule has 4 heteroatoms. The van der Waals surface area contributed by atoms with Gasteiger partial charge < -0.3 is 15.6 Å². The van der Waals surface area contributed by atoms with E-state index in [2.05, 4.69) is 0 Å². The molecule has 1 rings (SSSR count). The molecule has 0 bridgehead atoms. The average Bonchev–Trinajstić information content (AvgIpc) is 2.36. The normalized spacial score (nSPS) is 13.9. The number of rotatable bonds is 7. The summed E-state index contributed by atoms with van der Waals surface area (Å²) in [5.41, 5.74) is 6.87. The lowest BCUT2D eigenvalue weighted by Crippen LogP contribution is -2.47. The van der Waals surface area contributed by atoms with E-state index < -0.39 is 11.5 Å². The number of nitrogens with two attached hydrogens (primary N) is 1. The Labute approximate surface area is 114 Å². The summed E-state index contributed by atoms with van der Waals surface area (Å²) in [5, 5.41) is 9.07. The Bertz CT molecular complexity index is 425. The lowest BCUT2D eigenvalue weighted by atomic mass is 9.92. The van der Waals surface area contributed by atoms with Gasteiger partial charge in [0, 0.05) is 0 Å². The Kier molecular flexibility index (Phi) is 5.36. The number of hydrogen-bond donors (Lipinski definition) is 2. The molecule has 0 heterocycles. The van der Waals surface area contributed by atoms with E-state index in [9.17, 15) is 4.79 Å². The highest BCUT2D eigenvalue weighted by Gasteiger charge is 2.31. The van der Waals surface area contributed by atoms with Crippen LogP contribution in [-0.2, 0) is 4.79 Å². The predicted octanol–water partition coefficient (Wildman–Crippen LogP) is 2.65. The molecule has 3 N–H and O–H groups in total. The minimum Gasteiger partial charge on any atom is -0.493 e. The Balaban J connectivity index is 2.49. The van der Waals surface area contributed by atoms with Crippen molar-refractivity contribution in [1.29, 1.82) is 0 Å². The molecule has 1 aromatic rings. The third-order valence-corrected chi connectivity index (χ3v) is 3.48. The SMILES string of the molecule is CCC(N)(CCCOc1c(C)cccc1C)C(=O)O. The Morgan fingerprint density at radius 1 is 1.37 bits per heavy atom. The number of para-hydroxylation sites is 1. The molecule has 0 aliphatic carbocycles.